The lowest BCUT2D eigenvalue weighted by atomic mass is 10.2. The van der Waals surface area contributed by atoms with Crippen LogP contribution in [0.3, 0.4) is 0 Å². The predicted molar refractivity (Wildman–Crippen MR) is 93.7 cm³/mol. The van der Waals surface area contributed by atoms with Gasteiger partial charge in [0.25, 0.3) is 5.91 Å². The molecule has 1 saturated heterocycles. The number of rotatable bonds is 4. The maximum Gasteiger partial charge on any atom is 0.273 e. The summed E-state index contributed by atoms with van der Waals surface area (Å²) in [5, 5.41) is 11.5. The lowest BCUT2D eigenvalue weighted by molar-refractivity contribution is 0.0935. The van der Waals surface area contributed by atoms with Crippen LogP contribution >= 0.6 is 0 Å². The second-order valence-electron chi connectivity index (χ2n) is 5.95. The summed E-state index contributed by atoms with van der Waals surface area (Å²) >= 11 is 0. The Morgan fingerprint density at radius 1 is 1.12 bits per heavy atom. The summed E-state index contributed by atoms with van der Waals surface area (Å²) in [5.41, 5.74) is 1.14. The van der Waals surface area contributed by atoms with Gasteiger partial charge in [0.2, 0.25) is 0 Å². The third-order valence-electron chi connectivity index (χ3n) is 4.21. The normalized spacial score (nSPS) is 16.8. The van der Waals surface area contributed by atoms with Crippen LogP contribution in [0.2, 0.25) is 0 Å². The minimum atomic E-state index is -0.199. The maximum atomic E-state index is 12.4. The molecule has 0 spiro atoms. The minimum absolute atomic E-state index is 0.0800. The van der Waals surface area contributed by atoms with Gasteiger partial charge in [-0.15, -0.1) is 5.10 Å². The van der Waals surface area contributed by atoms with Crippen LogP contribution < -0.4 is 10.2 Å². The first-order valence-electron chi connectivity index (χ1n) is 8.24. The monoisotopic (exact) mass is 334 g/mol. The zero-order valence-corrected chi connectivity index (χ0v) is 13.6. The Kier molecular flexibility index (Phi) is 4.12. The lowest BCUT2D eigenvalue weighted by Crippen LogP contribution is -2.37. The smallest absolute Gasteiger partial charge is 0.273 e. The Morgan fingerprint density at radius 3 is 2.76 bits per heavy atom. The van der Waals surface area contributed by atoms with E-state index < -0.39 is 0 Å². The number of aromatic nitrogens is 4. The standard InChI is InChI=1S/C18H18N6O/c25-18(16-12-20-24(22-16)15-6-2-1-3-7-15)21-14-9-11-23(13-14)17-8-4-5-10-19-17/h1-8,10,12,14H,9,11,13H2,(H,21,25). The summed E-state index contributed by atoms with van der Waals surface area (Å²) < 4.78 is 0. The number of nitrogens with zero attached hydrogens (tertiary/aromatic N) is 5. The van der Waals surface area contributed by atoms with Gasteiger partial charge in [0.1, 0.15) is 5.82 Å². The van der Waals surface area contributed by atoms with Crippen molar-refractivity contribution < 1.29 is 4.79 Å². The zero-order valence-electron chi connectivity index (χ0n) is 13.6. The van der Waals surface area contributed by atoms with Gasteiger partial charge in [-0.05, 0) is 30.7 Å². The lowest BCUT2D eigenvalue weighted by Gasteiger charge is -2.17. The molecule has 0 saturated carbocycles. The van der Waals surface area contributed by atoms with Crippen molar-refractivity contribution in [2.75, 3.05) is 18.0 Å². The number of carbonyl (C=O) groups is 1. The van der Waals surface area contributed by atoms with Crippen LogP contribution in [0.25, 0.3) is 5.69 Å². The molecule has 126 valence electrons. The maximum absolute atomic E-state index is 12.4. The first-order valence-corrected chi connectivity index (χ1v) is 8.24. The molecule has 25 heavy (non-hydrogen) atoms. The second-order valence-corrected chi connectivity index (χ2v) is 5.95. The van der Waals surface area contributed by atoms with Crippen LogP contribution in [-0.2, 0) is 0 Å². The van der Waals surface area contributed by atoms with Crippen LogP contribution in [0, 0.1) is 0 Å². The average Bonchev–Trinajstić information content (AvgIpc) is 3.33. The van der Waals surface area contributed by atoms with E-state index in [1.807, 2.05) is 48.5 Å². The predicted octanol–water partition coefficient (Wildman–Crippen LogP) is 1.67. The number of hydrogen-bond donors (Lipinski definition) is 1. The number of pyridine rings is 1. The van der Waals surface area contributed by atoms with Gasteiger partial charge < -0.3 is 10.2 Å². The van der Waals surface area contributed by atoms with Crippen molar-refractivity contribution in [2.45, 2.75) is 12.5 Å². The fourth-order valence-corrected chi connectivity index (χ4v) is 2.94. The minimum Gasteiger partial charge on any atom is -0.354 e. The van der Waals surface area contributed by atoms with Crippen LogP contribution in [0.5, 0.6) is 0 Å². The Labute approximate surface area is 145 Å². The third-order valence-corrected chi connectivity index (χ3v) is 4.21. The van der Waals surface area contributed by atoms with Gasteiger partial charge in [-0.2, -0.15) is 9.90 Å². The highest BCUT2D eigenvalue weighted by atomic mass is 16.2. The SMILES string of the molecule is O=C(NC1CCN(c2ccccn2)C1)c1cnn(-c2ccccc2)n1. The van der Waals surface area contributed by atoms with Gasteiger partial charge in [-0.1, -0.05) is 24.3 Å². The van der Waals surface area contributed by atoms with Crippen molar-refractivity contribution in [3.63, 3.8) is 0 Å². The Bertz CT molecular complexity index is 848. The second kappa shape index (κ2) is 6.72. The molecule has 1 fully saturated rings. The van der Waals surface area contributed by atoms with E-state index in [1.54, 1.807) is 6.20 Å². The van der Waals surface area contributed by atoms with Crippen LogP contribution in [0.15, 0.2) is 60.9 Å². The number of para-hydroxylation sites is 1. The van der Waals surface area contributed by atoms with Crippen molar-refractivity contribution in [1.82, 2.24) is 25.3 Å². The molecule has 7 nitrogen and oxygen atoms in total. The largest absolute Gasteiger partial charge is 0.354 e. The molecule has 7 heteroatoms. The molecule has 0 bridgehead atoms. The Morgan fingerprint density at radius 2 is 1.96 bits per heavy atom. The van der Waals surface area contributed by atoms with E-state index in [2.05, 4.69) is 25.4 Å². The number of amides is 1. The van der Waals surface area contributed by atoms with E-state index in [9.17, 15) is 4.79 Å². The number of benzene rings is 1. The Hall–Kier alpha value is -3.22. The first-order chi connectivity index (χ1) is 12.3. The number of carbonyl (C=O) groups excluding carboxylic acids is 1. The van der Waals surface area contributed by atoms with Crippen molar-refractivity contribution in [2.24, 2.45) is 0 Å². The summed E-state index contributed by atoms with van der Waals surface area (Å²) in [4.78, 5) is 20.4. The molecule has 3 heterocycles. The molecular weight excluding hydrogens is 316 g/mol. The molecule has 0 aliphatic carbocycles. The highest BCUT2D eigenvalue weighted by Crippen LogP contribution is 2.17. The molecule has 2 aromatic heterocycles. The third kappa shape index (κ3) is 3.35. The first kappa shape index (κ1) is 15.3. The van der Waals surface area contributed by atoms with E-state index in [4.69, 9.17) is 0 Å². The van der Waals surface area contributed by atoms with Crippen LogP contribution in [-0.4, -0.2) is 45.0 Å². The molecule has 1 aliphatic rings. The van der Waals surface area contributed by atoms with E-state index >= 15 is 0 Å². The fraction of sp³-hybridized carbons (Fsp3) is 0.222. The van der Waals surface area contributed by atoms with Crippen LogP contribution in [0.1, 0.15) is 16.9 Å². The molecule has 4 rings (SSSR count). The number of hydrogen-bond acceptors (Lipinski definition) is 5. The highest BCUT2D eigenvalue weighted by Gasteiger charge is 2.25. The number of nitrogens with one attached hydrogen (secondary N) is 1. The van der Waals surface area contributed by atoms with E-state index in [0.29, 0.717) is 5.69 Å². The molecule has 1 unspecified atom stereocenters. The summed E-state index contributed by atoms with van der Waals surface area (Å²) in [6.45, 7) is 1.62. The average molecular weight is 334 g/mol. The van der Waals surface area contributed by atoms with Gasteiger partial charge in [0, 0.05) is 25.3 Å². The highest BCUT2D eigenvalue weighted by molar-refractivity contribution is 5.92. The molecule has 1 N–H and O–H groups in total. The molecule has 0 radical (unpaired) electrons. The molecule has 1 aliphatic heterocycles. The zero-order chi connectivity index (χ0) is 17.1. The molecule has 1 amide bonds. The summed E-state index contributed by atoms with van der Waals surface area (Å²) in [6, 6.07) is 15.4. The van der Waals surface area contributed by atoms with Crippen molar-refractivity contribution in [3.05, 3.63) is 66.6 Å². The van der Waals surface area contributed by atoms with Gasteiger partial charge in [-0.3, -0.25) is 4.79 Å². The summed E-state index contributed by atoms with van der Waals surface area (Å²) in [6.07, 6.45) is 4.16. The molecule has 1 atom stereocenters. The fourth-order valence-electron chi connectivity index (χ4n) is 2.94. The van der Waals surface area contributed by atoms with Crippen molar-refractivity contribution >= 4 is 11.7 Å². The number of anilines is 1. The summed E-state index contributed by atoms with van der Waals surface area (Å²) in [7, 11) is 0. The van der Waals surface area contributed by atoms with E-state index in [1.165, 1.54) is 11.0 Å². The van der Waals surface area contributed by atoms with Crippen LogP contribution in [0.4, 0.5) is 5.82 Å². The molecular formula is C18H18N6O. The quantitative estimate of drug-likeness (QED) is 0.785. The molecule has 1 aromatic carbocycles. The van der Waals surface area contributed by atoms with E-state index in [-0.39, 0.29) is 11.9 Å². The molecule has 3 aromatic rings. The topological polar surface area (TPSA) is 75.9 Å². The van der Waals surface area contributed by atoms with Gasteiger partial charge in [0.05, 0.1) is 11.9 Å². The van der Waals surface area contributed by atoms with E-state index in [0.717, 1.165) is 31.0 Å². The van der Waals surface area contributed by atoms with Gasteiger partial charge >= 0.3 is 0 Å². The Balaban J connectivity index is 1.39. The van der Waals surface area contributed by atoms with Crippen molar-refractivity contribution in [1.29, 1.82) is 0 Å². The summed E-state index contributed by atoms with van der Waals surface area (Å²) in [5.74, 6) is 0.740. The van der Waals surface area contributed by atoms with Gasteiger partial charge in [-0.25, -0.2) is 4.98 Å². The van der Waals surface area contributed by atoms with Crippen molar-refractivity contribution in [3.8, 4) is 5.69 Å². The van der Waals surface area contributed by atoms with Gasteiger partial charge in [0.15, 0.2) is 5.69 Å².